The molecule has 0 aliphatic heterocycles. The Hall–Kier alpha value is -4.11. The van der Waals surface area contributed by atoms with Crippen molar-refractivity contribution in [3.63, 3.8) is 0 Å². The highest BCUT2D eigenvalue weighted by molar-refractivity contribution is 7.22. The maximum Gasteiger partial charge on any atom is 0.166 e. The standard InChI is InChI=1S/C29H26FN5O2S/c1-35-11-9-28(34-35)33-17-20-4-6-23(32-16-20)27-15-24-29(38-27)26(8-10-31-24)37-25-7-5-19(14-22(25)30)13-21(36)12-18-2-3-18/h4-11,14-16,18H,2-3,12-13,17H2,1H3,(H,33,34). The van der Waals surface area contributed by atoms with Gasteiger partial charge in [-0.15, -0.1) is 11.3 Å². The smallest absolute Gasteiger partial charge is 0.166 e. The van der Waals surface area contributed by atoms with Crippen molar-refractivity contribution in [2.75, 3.05) is 5.32 Å². The third-order valence-corrected chi connectivity index (χ3v) is 7.63. The molecule has 4 aromatic heterocycles. The summed E-state index contributed by atoms with van der Waals surface area (Å²) in [5.74, 6) is 1.66. The lowest BCUT2D eigenvalue weighted by Gasteiger charge is -2.09. The van der Waals surface area contributed by atoms with E-state index in [-0.39, 0.29) is 18.0 Å². The predicted octanol–water partition coefficient (Wildman–Crippen LogP) is 6.55. The second kappa shape index (κ2) is 10.3. The number of carbonyl (C=O) groups is 1. The van der Waals surface area contributed by atoms with Gasteiger partial charge in [0.1, 0.15) is 17.4 Å². The molecule has 4 heterocycles. The number of Topliss-reactive ketones (excluding diaryl/α,β-unsaturated/α-hetero) is 1. The minimum Gasteiger partial charge on any atom is -0.453 e. The van der Waals surface area contributed by atoms with Crippen LogP contribution in [0.25, 0.3) is 20.8 Å². The zero-order valence-electron chi connectivity index (χ0n) is 20.9. The molecule has 1 aromatic carbocycles. The van der Waals surface area contributed by atoms with E-state index < -0.39 is 5.82 Å². The lowest BCUT2D eigenvalue weighted by molar-refractivity contribution is -0.118. The number of nitrogens with one attached hydrogen (secondary N) is 1. The van der Waals surface area contributed by atoms with Gasteiger partial charge in [-0.25, -0.2) is 4.39 Å². The van der Waals surface area contributed by atoms with Crippen molar-refractivity contribution in [1.29, 1.82) is 0 Å². The van der Waals surface area contributed by atoms with E-state index in [0.717, 1.165) is 45.0 Å². The number of hydrogen-bond donors (Lipinski definition) is 1. The molecule has 1 N–H and O–H groups in total. The topological polar surface area (TPSA) is 81.9 Å². The Morgan fingerprint density at radius 2 is 1.97 bits per heavy atom. The monoisotopic (exact) mass is 527 g/mol. The third-order valence-electron chi connectivity index (χ3n) is 6.47. The van der Waals surface area contributed by atoms with Crippen LogP contribution in [0.4, 0.5) is 10.2 Å². The van der Waals surface area contributed by atoms with Crippen LogP contribution in [0, 0.1) is 11.7 Å². The molecular formula is C29H26FN5O2S. The first-order chi connectivity index (χ1) is 18.5. The number of hydrogen-bond acceptors (Lipinski definition) is 7. The molecule has 7 nitrogen and oxygen atoms in total. The molecule has 0 amide bonds. The van der Waals surface area contributed by atoms with Gasteiger partial charge in [0.25, 0.3) is 0 Å². The second-order valence-electron chi connectivity index (χ2n) is 9.64. The number of rotatable bonds is 10. The Morgan fingerprint density at radius 3 is 2.71 bits per heavy atom. The van der Waals surface area contributed by atoms with Crippen molar-refractivity contribution in [2.45, 2.75) is 32.2 Å². The molecule has 192 valence electrons. The molecule has 5 aromatic rings. The first-order valence-electron chi connectivity index (χ1n) is 12.6. The Bertz CT molecular complexity index is 1610. The summed E-state index contributed by atoms with van der Waals surface area (Å²) in [6.07, 6.45) is 8.48. The predicted molar refractivity (Wildman–Crippen MR) is 146 cm³/mol. The molecule has 0 unspecified atom stereocenters. The average Bonchev–Trinajstić information content (AvgIpc) is 3.44. The zero-order chi connectivity index (χ0) is 26.1. The second-order valence-corrected chi connectivity index (χ2v) is 10.7. The van der Waals surface area contributed by atoms with Gasteiger partial charge in [-0.05, 0) is 54.2 Å². The molecule has 1 aliphatic rings. The average molecular weight is 528 g/mol. The summed E-state index contributed by atoms with van der Waals surface area (Å²) >= 11 is 1.50. The maximum absolute atomic E-state index is 14.9. The third kappa shape index (κ3) is 5.57. The van der Waals surface area contributed by atoms with E-state index >= 15 is 0 Å². The summed E-state index contributed by atoms with van der Waals surface area (Å²) in [6.45, 7) is 0.620. The summed E-state index contributed by atoms with van der Waals surface area (Å²) in [4.78, 5) is 22.2. The number of ketones is 1. The van der Waals surface area contributed by atoms with Crippen molar-refractivity contribution >= 4 is 33.2 Å². The van der Waals surface area contributed by atoms with E-state index in [1.807, 2.05) is 43.7 Å². The van der Waals surface area contributed by atoms with Crippen LogP contribution in [0.3, 0.4) is 0 Å². The number of nitrogens with zero attached hydrogens (tertiary/aromatic N) is 4. The fourth-order valence-corrected chi connectivity index (χ4v) is 5.34. The molecule has 1 fully saturated rings. The normalized spacial score (nSPS) is 13.1. The lowest BCUT2D eigenvalue weighted by atomic mass is 10.0. The van der Waals surface area contributed by atoms with E-state index in [4.69, 9.17) is 4.74 Å². The van der Waals surface area contributed by atoms with E-state index in [0.29, 0.717) is 30.2 Å². The Labute approximate surface area is 223 Å². The number of aryl methyl sites for hydroxylation is 1. The molecule has 0 radical (unpaired) electrons. The van der Waals surface area contributed by atoms with Gasteiger partial charge in [0, 0.05) is 57.2 Å². The van der Waals surface area contributed by atoms with Crippen molar-refractivity contribution in [2.24, 2.45) is 13.0 Å². The molecule has 9 heteroatoms. The van der Waals surface area contributed by atoms with E-state index in [1.165, 1.54) is 17.4 Å². The summed E-state index contributed by atoms with van der Waals surface area (Å²) in [6, 6.07) is 14.4. The summed E-state index contributed by atoms with van der Waals surface area (Å²) in [5, 5.41) is 7.59. The number of halogens is 1. The molecule has 38 heavy (non-hydrogen) atoms. The number of pyridine rings is 2. The quantitative estimate of drug-likeness (QED) is 0.222. The summed E-state index contributed by atoms with van der Waals surface area (Å²) in [5.41, 5.74) is 3.29. The highest BCUT2D eigenvalue weighted by Crippen LogP contribution is 2.39. The number of carbonyl (C=O) groups excluding carboxylic acids is 1. The van der Waals surface area contributed by atoms with Gasteiger partial charge in [0.15, 0.2) is 11.6 Å². The van der Waals surface area contributed by atoms with Crippen LogP contribution < -0.4 is 10.1 Å². The van der Waals surface area contributed by atoms with Gasteiger partial charge in [-0.3, -0.25) is 19.4 Å². The molecular weight excluding hydrogens is 501 g/mol. The molecule has 0 saturated heterocycles. The van der Waals surface area contributed by atoms with Crippen LogP contribution in [-0.2, 0) is 24.8 Å². The van der Waals surface area contributed by atoms with Gasteiger partial charge >= 0.3 is 0 Å². The SMILES string of the molecule is Cn1ccc(NCc2ccc(-c3cc4nccc(Oc5ccc(CC(=O)CC6CC6)cc5F)c4s3)nc2)n1. The van der Waals surface area contributed by atoms with Crippen LogP contribution in [0.2, 0.25) is 0 Å². The first kappa shape index (κ1) is 24.2. The number of benzene rings is 1. The number of aromatic nitrogens is 4. The van der Waals surface area contributed by atoms with Crippen molar-refractivity contribution in [1.82, 2.24) is 19.7 Å². The number of fused-ring (bicyclic) bond motifs is 1. The Balaban J connectivity index is 1.16. The van der Waals surface area contributed by atoms with Crippen LogP contribution in [0.1, 0.15) is 30.4 Å². The molecule has 0 spiro atoms. The van der Waals surface area contributed by atoms with Crippen molar-refractivity contribution < 1.29 is 13.9 Å². The van der Waals surface area contributed by atoms with E-state index in [2.05, 4.69) is 20.4 Å². The largest absolute Gasteiger partial charge is 0.453 e. The maximum atomic E-state index is 14.9. The highest BCUT2D eigenvalue weighted by Gasteiger charge is 2.24. The van der Waals surface area contributed by atoms with Gasteiger partial charge in [0.05, 0.1) is 20.8 Å². The number of thiophene rings is 1. The van der Waals surface area contributed by atoms with Gasteiger partial charge in [-0.2, -0.15) is 5.10 Å². The highest BCUT2D eigenvalue weighted by atomic mass is 32.1. The summed E-state index contributed by atoms with van der Waals surface area (Å²) < 4.78 is 23.4. The molecule has 1 saturated carbocycles. The van der Waals surface area contributed by atoms with E-state index in [1.54, 1.807) is 29.1 Å². The molecule has 1 aliphatic carbocycles. The summed E-state index contributed by atoms with van der Waals surface area (Å²) in [7, 11) is 1.88. The van der Waals surface area contributed by atoms with Gasteiger partial charge < -0.3 is 10.1 Å². The van der Waals surface area contributed by atoms with Crippen LogP contribution in [-0.4, -0.2) is 25.5 Å². The van der Waals surface area contributed by atoms with Gasteiger partial charge in [-0.1, -0.05) is 12.1 Å². The number of anilines is 1. The lowest BCUT2D eigenvalue weighted by Crippen LogP contribution is -2.04. The fourth-order valence-electron chi connectivity index (χ4n) is 4.30. The van der Waals surface area contributed by atoms with Crippen molar-refractivity contribution in [3.8, 4) is 22.1 Å². The van der Waals surface area contributed by atoms with Crippen molar-refractivity contribution in [3.05, 3.63) is 84.1 Å². The number of ether oxygens (including phenoxy) is 1. The van der Waals surface area contributed by atoms with Gasteiger partial charge in [0.2, 0.25) is 0 Å². The minimum absolute atomic E-state index is 0.119. The Kier molecular flexibility index (Phi) is 6.59. The Morgan fingerprint density at radius 1 is 1.11 bits per heavy atom. The fraction of sp³-hybridized carbons (Fsp3) is 0.241. The van der Waals surface area contributed by atoms with E-state index in [9.17, 15) is 9.18 Å². The van der Waals surface area contributed by atoms with Crippen LogP contribution >= 0.6 is 11.3 Å². The first-order valence-corrected chi connectivity index (χ1v) is 13.4. The minimum atomic E-state index is -0.486. The molecule has 0 atom stereocenters. The molecule has 0 bridgehead atoms. The van der Waals surface area contributed by atoms with Crippen LogP contribution in [0.5, 0.6) is 11.5 Å². The van der Waals surface area contributed by atoms with Crippen LogP contribution in [0.15, 0.2) is 67.1 Å². The molecule has 6 rings (SSSR count). The zero-order valence-corrected chi connectivity index (χ0v) is 21.7.